The number of aromatic hydroxyl groups is 22. The molecule has 45 heteroatoms. The van der Waals surface area contributed by atoms with Gasteiger partial charge in [0.2, 0.25) is 34.5 Å². The van der Waals surface area contributed by atoms with Gasteiger partial charge in [-0.2, -0.15) is 0 Å². The number of aliphatic hydroxyl groups is 3. The number of phenolic OH excluding ortho intramolecular Hbond substituents is 22. The van der Waals surface area contributed by atoms with Gasteiger partial charge in [-0.15, -0.1) is 0 Å². The Morgan fingerprint density at radius 2 is 0.780 bits per heavy atom. The summed E-state index contributed by atoms with van der Waals surface area (Å²) < 4.78 is 57.9. The molecule has 2 bridgehead atoms. The van der Waals surface area contributed by atoms with E-state index < -0.39 is 387 Å². The highest BCUT2D eigenvalue weighted by atomic mass is 16.7. The molecule has 0 spiro atoms. The zero-order chi connectivity index (χ0) is 91.6. The van der Waals surface area contributed by atoms with Crippen molar-refractivity contribution in [2.24, 2.45) is 0 Å². The van der Waals surface area contributed by atoms with E-state index in [0.29, 0.717) is 36.4 Å². The first kappa shape index (κ1) is 83.0. The van der Waals surface area contributed by atoms with Gasteiger partial charge >= 0.3 is 59.0 Å². The first-order chi connectivity index (χ1) is 60.0. The maximum atomic E-state index is 16.4. The smallest absolute Gasteiger partial charge is 0.344 e. The van der Waals surface area contributed by atoms with E-state index in [-0.39, 0.29) is 12.1 Å². The number of rotatable bonds is 10. The Balaban J connectivity index is 0.925. The van der Waals surface area contributed by atoms with Crippen LogP contribution in [0.15, 0.2) is 109 Å². The molecule has 0 radical (unpaired) electrons. The molecule has 6 heterocycles. The SMILES string of the molecule is O=C(OC1COC(=O)c2c(cccc2C2c3c(O)c(O)c(O)c4c3C(=O)OC2C(C2OC(=O)c3cc(O)c(O)c(O)c3-c3c(cc(O)c(O)c3O)C(=O)OCC2OC(=O)c2cc(O)c(O)c(O)c2)OC(=O)c2cc(O)c(O)c(O)c2-4)-c2ccccc2C(=O)OC1C(O)C(O)C(O)c1c(O)c(O)c2oc(=O)c3cc(O)c(O)c4oc(=O)c1c2c43)c1cc(O)c(O)c(O)c1. The van der Waals surface area contributed by atoms with Gasteiger partial charge in [0, 0.05) is 44.2 Å². The minimum absolute atomic E-state index is 0.211. The third-order valence-electron chi connectivity index (χ3n) is 21.6. The van der Waals surface area contributed by atoms with Gasteiger partial charge in [-0.05, 0) is 71.3 Å². The number of hydrogen-bond donors (Lipinski definition) is 25. The van der Waals surface area contributed by atoms with Crippen LogP contribution in [0.1, 0.15) is 112 Å². The van der Waals surface area contributed by atoms with Crippen molar-refractivity contribution in [1.82, 2.24) is 0 Å². The molecule has 127 heavy (non-hydrogen) atoms. The Hall–Kier alpha value is -17.6. The number of aliphatic hydroxyl groups excluding tert-OH is 3. The second kappa shape index (κ2) is 29.9. The van der Waals surface area contributed by atoms with Gasteiger partial charge in [-0.25, -0.2) is 47.9 Å². The fourth-order valence-electron chi connectivity index (χ4n) is 15.7. The molecular formula is C82H54O45. The van der Waals surface area contributed by atoms with E-state index in [1.165, 1.54) is 0 Å². The highest BCUT2D eigenvalue weighted by Crippen LogP contribution is 2.61. The molecule has 12 aromatic rings. The minimum atomic E-state index is -3.24. The summed E-state index contributed by atoms with van der Waals surface area (Å²) in [6.45, 7) is -3.57. The number of benzene rings is 10. The molecule has 652 valence electrons. The number of carbonyl (C=O) groups is 8. The highest BCUT2D eigenvalue weighted by molar-refractivity contribution is 6.23. The number of fused-ring (bicyclic) bond motifs is 10. The van der Waals surface area contributed by atoms with Gasteiger partial charge in [-0.1, -0.05) is 36.4 Å². The lowest BCUT2D eigenvalue weighted by molar-refractivity contribution is -0.146. The van der Waals surface area contributed by atoms with Crippen LogP contribution in [0.4, 0.5) is 0 Å². The fourth-order valence-corrected chi connectivity index (χ4v) is 15.7. The van der Waals surface area contributed by atoms with Crippen molar-refractivity contribution >= 4 is 80.5 Å². The Morgan fingerprint density at radius 3 is 1.34 bits per heavy atom. The van der Waals surface area contributed by atoms with Crippen LogP contribution in [0.2, 0.25) is 0 Å². The van der Waals surface area contributed by atoms with E-state index in [2.05, 4.69) is 0 Å². The van der Waals surface area contributed by atoms with Gasteiger partial charge in [-0.3, -0.25) is 0 Å². The van der Waals surface area contributed by atoms with Gasteiger partial charge in [0.15, 0.2) is 140 Å². The van der Waals surface area contributed by atoms with Crippen LogP contribution in [0, 0.1) is 0 Å². The Labute approximate surface area is 697 Å². The average Bonchev–Trinajstić information content (AvgIpc) is 0.750. The lowest BCUT2D eigenvalue weighted by atomic mass is 9.73. The molecule has 4 aliphatic rings. The summed E-state index contributed by atoms with van der Waals surface area (Å²) in [6.07, 6.45) is -27.7. The van der Waals surface area contributed by atoms with Crippen LogP contribution in [-0.2, 0) is 37.9 Å². The number of esters is 8. The molecule has 16 rings (SSSR count). The molecule has 0 amide bonds. The molecule has 0 aliphatic carbocycles. The summed E-state index contributed by atoms with van der Waals surface area (Å²) in [7, 11) is 0. The summed E-state index contributed by atoms with van der Waals surface area (Å²) in [5.41, 5.74) is -25.0. The first-order valence-corrected chi connectivity index (χ1v) is 36.2. The van der Waals surface area contributed by atoms with Crippen LogP contribution < -0.4 is 11.3 Å². The van der Waals surface area contributed by atoms with Crippen molar-refractivity contribution < 1.29 is 213 Å². The molecule has 2 aromatic heterocycles. The fraction of sp³-hybridized carbons (Fsp3) is 0.146. The van der Waals surface area contributed by atoms with Crippen molar-refractivity contribution in [2.75, 3.05) is 13.2 Å². The van der Waals surface area contributed by atoms with E-state index in [1.54, 1.807) is 0 Å². The van der Waals surface area contributed by atoms with E-state index in [9.17, 15) is 152 Å². The number of cyclic esters (lactones) is 5. The van der Waals surface area contributed by atoms with Crippen molar-refractivity contribution in [3.05, 3.63) is 173 Å². The van der Waals surface area contributed by atoms with E-state index in [4.69, 9.17) is 46.7 Å². The second-order valence-corrected chi connectivity index (χ2v) is 28.7. The third kappa shape index (κ3) is 12.8. The van der Waals surface area contributed by atoms with Crippen LogP contribution in [0.5, 0.6) is 126 Å². The molecule has 10 atom stereocenters. The van der Waals surface area contributed by atoms with E-state index in [0.717, 1.165) is 42.5 Å². The van der Waals surface area contributed by atoms with Crippen LogP contribution in [0.3, 0.4) is 0 Å². The third-order valence-corrected chi connectivity index (χ3v) is 21.6. The van der Waals surface area contributed by atoms with Gasteiger partial charge in [0.1, 0.15) is 31.5 Å². The van der Waals surface area contributed by atoms with Crippen LogP contribution in [-0.4, -0.2) is 237 Å². The second-order valence-electron chi connectivity index (χ2n) is 28.7. The van der Waals surface area contributed by atoms with Crippen molar-refractivity contribution in [3.8, 4) is 160 Å². The normalized spacial score (nSPS) is 18.8. The molecule has 45 nitrogen and oxygen atoms in total. The molecule has 0 fully saturated rings. The summed E-state index contributed by atoms with van der Waals surface area (Å²) in [5.74, 6) is -51.3. The summed E-state index contributed by atoms with van der Waals surface area (Å²) >= 11 is 0. The Morgan fingerprint density at radius 1 is 0.339 bits per heavy atom. The van der Waals surface area contributed by atoms with E-state index in [1.807, 2.05) is 0 Å². The number of hydrogen-bond acceptors (Lipinski definition) is 45. The zero-order valence-corrected chi connectivity index (χ0v) is 62.7. The van der Waals surface area contributed by atoms with Crippen molar-refractivity contribution in [1.29, 1.82) is 0 Å². The number of phenols is 22. The van der Waals surface area contributed by atoms with Gasteiger partial charge < -0.3 is 174 Å². The zero-order valence-electron chi connectivity index (χ0n) is 62.7. The monoisotopic (exact) mass is 1760 g/mol. The summed E-state index contributed by atoms with van der Waals surface area (Å²) in [6, 6.07) is 9.92. The molecule has 4 aliphatic heterocycles. The summed E-state index contributed by atoms with van der Waals surface area (Å²) in [5, 5.41) is 281. The molecule has 10 unspecified atom stereocenters. The van der Waals surface area contributed by atoms with Crippen LogP contribution >= 0.6 is 0 Å². The Kier molecular flexibility index (Phi) is 19.6. The first-order valence-electron chi connectivity index (χ1n) is 36.2. The molecule has 0 saturated heterocycles. The van der Waals surface area contributed by atoms with Crippen LogP contribution in [0.25, 0.3) is 66.1 Å². The van der Waals surface area contributed by atoms with Crippen molar-refractivity contribution in [3.63, 3.8) is 0 Å². The van der Waals surface area contributed by atoms with Gasteiger partial charge in [0.25, 0.3) is 0 Å². The maximum Gasteiger partial charge on any atom is 0.344 e. The molecule has 25 N–H and O–H groups in total. The average molecular weight is 1760 g/mol. The largest absolute Gasteiger partial charge is 0.504 e. The minimum Gasteiger partial charge on any atom is -0.504 e. The molecular weight excluding hydrogens is 1700 g/mol. The predicted octanol–water partition coefficient (Wildman–Crippen LogP) is 4.22. The predicted molar refractivity (Wildman–Crippen MR) is 407 cm³/mol. The van der Waals surface area contributed by atoms with E-state index >= 15 is 24.0 Å². The molecule has 0 saturated carbocycles. The lowest BCUT2D eigenvalue weighted by Crippen LogP contribution is -2.56. The Bertz CT molecular complexity index is 7010. The topological polar surface area (TPSA) is 777 Å². The lowest BCUT2D eigenvalue weighted by Gasteiger charge is -2.43. The number of ether oxygens (including phenoxy) is 8. The number of carbonyl (C=O) groups excluding carboxylic acids is 8. The standard InChI is InChI=1S/C82H54O45/c83-28-8-18(9-29(84)50(28)91)73(108)120-36-16-119-80(115)38-21(20-4-1-2-5-22(20)76(111)122-67(36)66(107)64(105)61(102)49-48-46-43-27(79(114)124-70(46)65(106)62(49)103)15-35(90)55(96)69(43)125-82(48)117)6-3-7-23(38)42-45-47-44(59(100)63(104)60(45)101)41-26(14-34(89)54(95)58(41)99)78(113)127-72(71(42)126-81(47)116)68-37(121-74(109)19-10-30(85)51(92)31(86)11-19)17-118-75(110)24-12-32(87)52(93)56(97)39(24)40-25(77(112)123-68)13-33(88)53(94)57(40)98/h1-15,36-37,42,61,64,66-68,71-72,83-107H,16-17H2. The molecule has 10 aromatic carbocycles. The van der Waals surface area contributed by atoms with Crippen molar-refractivity contribution in [2.45, 2.75) is 60.9 Å². The quantitative estimate of drug-likeness (QED) is 0.0299. The maximum absolute atomic E-state index is 16.4. The highest BCUT2D eigenvalue weighted by Gasteiger charge is 2.57. The summed E-state index contributed by atoms with van der Waals surface area (Å²) in [4.78, 5) is 151. The van der Waals surface area contributed by atoms with Gasteiger partial charge in [0.05, 0.1) is 61.2 Å².